The summed E-state index contributed by atoms with van der Waals surface area (Å²) in [5, 5.41) is 10.6. The summed E-state index contributed by atoms with van der Waals surface area (Å²) < 4.78 is 68.1. The summed E-state index contributed by atoms with van der Waals surface area (Å²) in [6.07, 6.45) is -2.31. The molecular weight excluding hydrogens is 676 g/mol. The van der Waals surface area contributed by atoms with E-state index in [1.54, 1.807) is 17.2 Å². The summed E-state index contributed by atoms with van der Waals surface area (Å²) in [7, 11) is 0. The number of carbonyl (C=O) groups is 1. The Hall–Kier alpha value is -5.65. The van der Waals surface area contributed by atoms with Crippen molar-refractivity contribution in [2.24, 2.45) is 0 Å². The maximum absolute atomic E-state index is 15.6. The highest BCUT2D eigenvalue weighted by molar-refractivity contribution is 6.14. The summed E-state index contributed by atoms with van der Waals surface area (Å²) in [5.74, 6) is -2.25. The molecule has 12 heteroatoms. The molecule has 0 spiro atoms. The highest BCUT2D eigenvalue weighted by atomic mass is 19.4. The third kappa shape index (κ3) is 5.48. The van der Waals surface area contributed by atoms with Gasteiger partial charge in [0.05, 0.1) is 22.8 Å². The topological polar surface area (TPSA) is 87.9 Å². The molecule has 0 saturated carbocycles. The van der Waals surface area contributed by atoms with Gasteiger partial charge >= 0.3 is 6.18 Å². The van der Waals surface area contributed by atoms with Crippen LogP contribution in [0.2, 0.25) is 0 Å². The van der Waals surface area contributed by atoms with Gasteiger partial charge in [0, 0.05) is 47.4 Å². The van der Waals surface area contributed by atoms with Crippen LogP contribution < -0.4 is 15.2 Å². The van der Waals surface area contributed by atoms with Crippen LogP contribution in [0.15, 0.2) is 84.3 Å². The molecule has 268 valence electrons. The molecule has 1 fully saturated rings. The number of nitrogens with zero attached hydrogens (tertiary/aromatic N) is 4. The predicted molar refractivity (Wildman–Crippen MR) is 192 cm³/mol. The largest absolute Gasteiger partial charge is 0.506 e. The van der Waals surface area contributed by atoms with Crippen molar-refractivity contribution in [2.75, 3.05) is 24.6 Å². The van der Waals surface area contributed by atoms with Gasteiger partial charge in [0.15, 0.2) is 11.6 Å². The number of piperazine rings is 1. The van der Waals surface area contributed by atoms with E-state index in [4.69, 9.17) is 4.74 Å². The Morgan fingerprint density at radius 1 is 1.04 bits per heavy atom. The van der Waals surface area contributed by atoms with Crippen LogP contribution in [0.5, 0.6) is 11.5 Å². The first-order valence-corrected chi connectivity index (χ1v) is 16.9. The van der Waals surface area contributed by atoms with E-state index in [2.05, 4.69) is 11.6 Å². The molecule has 2 aromatic heterocycles. The molecule has 1 N–H and O–H groups in total. The second-order valence-corrected chi connectivity index (χ2v) is 13.6. The van der Waals surface area contributed by atoms with Gasteiger partial charge in [0.1, 0.15) is 23.7 Å². The van der Waals surface area contributed by atoms with E-state index < -0.39 is 40.7 Å². The van der Waals surface area contributed by atoms with Crippen molar-refractivity contribution in [3.63, 3.8) is 0 Å². The third-order valence-electron chi connectivity index (χ3n) is 9.94. The van der Waals surface area contributed by atoms with Crippen molar-refractivity contribution < 1.29 is 32.2 Å². The van der Waals surface area contributed by atoms with Crippen molar-refractivity contribution in [1.82, 2.24) is 14.5 Å². The number of alkyl halides is 3. The number of carbonyl (C=O) groups excluding carboxylic acids is 1. The number of phenols is 1. The zero-order chi connectivity index (χ0) is 37.2. The highest BCUT2D eigenvalue weighted by Crippen LogP contribution is 2.54. The number of fused-ring (bicyclic) bond motifs is 5. The average Bonchev–Trinajstić information content (AvgIpc) is 3.10. The minimum atomic E-state index is -5.17. The number of hydrogen-bond acceptors (Lipinski definition) is 6. The number of aryl methyl sites for hydroxylation is 1. The van der Waals surface area contributed by atoms with E-state index in [1.165, 1.54) is 6.08 Å². The lowest BCUT2D eigenvalue weighted by molar-refractivity contribution is -0.142. The number of rotatable bonds is 5. The number of amides is 1. The zero-order valence-corrected chi connectivity index (χ0v) is 29.0. The summed E-state index contributed by atoms with van der Waals surface area (Å²) in [4.78, 5) is 36.3. The lowest BCUT2D eigenvalue weighted by atomic mass is 9.83. The molecule has 3 aromatic carbocycles. The Morgan fingerprint density at radius 3 is 2.42 bits per heavy atom. The number of halogens is 4. The molecule has 2 aliphatic rings. The molecule has 7 rings (SSSR count). The van der Waals surface area contributed by atoms with Crippen LogP contribution in [0.4, 0.5) is 23.2 Å². The van der Waals surface area contributed by atoms with Gasteiger partial charge in [0.2, 0.25) is 5.91 Å². The first-order valence-electron chi connectivity index (χ1n) is 16.9. The molecule has 0 radical (unpaired) electrons. The fourth-order valence-corrected chi connectivity index (χ4v) is 7.63. The van der Waals surface area contributed by atoms with Gasteiger partial charge < -0.3 is 19.6 Å². The molecular formula is C40H36F4N4O4. The first-order chi connectivity index (χ1) is 24.7. The number of pyridine rings is 2. The second-order valence-electron chi connectivity index (χ2n) is 13.6. The molecule has 2 aliphatic heterocycles. The molecule has 2 unspecified atom stereocenters. The van der Waals surface area contributed by atoms with Crippen LogP contribution in [0, 0.1) is 12.7 Å². The number of benzene rings is 3. The summed E-state index contributed by atoms with van der Waals surface area (Å²) >= 11 is 0. The van der Waals surface area contributed by atoms with Crippen LogP contribution in [0.1, 0.15) is 43.6 Å². The molecule has 2 atom stereocenters. The van der Waals surface area contributed by atoms with Crippen molar-refractivity contribution >= 4 is 22.4 Å². The van der Waals surface area contributed by atoms with Crippen LogP contribution in [-0.2, 0) is 11.0 Å². The Balaban J connectivity index is 1.74. The van der Waals surface area contributed by atoms with Gasteiger partial charge in [0.25, 0.3) is 5.56 Å². The van der Waals surface area contributed by atoms with E-state index in [0.717, 1.165) is 24.3 Å². The molecule has 52 heavy (non-hydrogen) atoms. The van der Waals surface area contributed by atoms with Crippen LogP contribution >= 0.6 is 0 Å². The second kappa shape index (κ2) is 12.8. The number of hydrogen-bond donors (Lipinski definition) is 1. The molecule has 1 amide bonds. The number of anilines is 1. The molecule has 5 aromatic rings. The molecule has 4 heterocycles. The fourth-order valence-electron chi connectivity index (χ4n) is 7.63. The Bertz CT molecular complexity index is 2300. The van der Waals surface area contributed by atoms with Gasteiger partial charge in [-0.2, -0.15) is 13.2 Å². The van der Waals surface area contributed by atoms with Gasteiger partial charge in [-0.1, -0.05) is 56.8 Å². The van der Waals surface area contributed by atoms with E-state index in [0.29, 0.717) is 27.9 Å². The standard InChI is InChI=1S/C40H36F4N4O4/c1-6-30(50)46-19-25-20-52-38-32(24-11-8-7-9-12-24)34(31-22(4)15-16-45-35(31)21(2)3)33-26(36(38)47(25)18-23(46)5)17-29(40(42,43)44)48(39(33)51)37-27(41)13-10-14-28(37)49/h6-17,21,23,25,49H,1,18-20H2,2-5H3. The Kier molecular flexibility index (Phi) is 8.59. The van der Waals surface area contributed by atoms with Crippen molar-refractivity contribution in [1.29, 1.82) is 0 Å². The lowest BCUT2D eigenvalue weighted by Gasteiger charge is -2.49. The smallest absolute Gasteiger partial charge is 0.431 e. The van der Waals surface area contributed by atoms with Crippen LogP contribution in [0.25, 0.3) is 38.7 Å². The number of aromatic nitrogens is 2. The van der Waals surface area contributed by atoms with E-state index in [-0.39, 0.29) is 69.9 Å². The highest BCUT2D eigenvalue weighted by Gasteiger charge is 2.44. The van der Waals surface area contributed by atoms with Crippen LogP contribution in [0.3, 0.4) is 0 Å². The molecule has 8 nitrogen and oxygen atoms in total. The van der Waals surface area contributed by atoms with E-state index >= 15 is 22.4 Å². The monoisotopic (exact) mass is 712 g/mol. The van der Waals surface area contributed by atoms with E-state index in [9.17, 15) is 9.90 Å². The third-order valence-corrected chi connectivity index (χ3v) is 9.94. The summed E-state index contributed by atoms with van der Waals surface area (Å²) in [6.45, 7) is 11.7. The predicted octanol–water partition coefficient (Wildman–Crippen LogP) is 8.00. The number of para-hydroxylation sites is 1. The summed E-state index contributed by atoms with van der Waals surface area (Å²) in [5.41, 5.74) is -0.132. The maximum Gasteiger partial charge on any atom is 0.431 e. The van der Waals surface area contributed by atoms with Gasteiger partial charge in [-0.15, -0.1) is 0 Å². The fraction of sp³-hybridized carbons (Fsp3) is 0.275. The molecule has 0 aliphatic carbocycles. The SMILES string of the molecule is C=CC(=O)N1CC2COc3c(-c4ccccc4)c(-c4c(C)ccnc4C(C)C)c4c(=O)n(-c5c(O)cccc5F)c(C(F)(F)F)cc4c3N2CC1C. The maximum atomic E-state index is 15.6. The lowest BCUT2D eigenvalue weighted by Crippen LogP contribution is -2.61. The van der Waals surface area contributed by atoms with Crippen molar-refractivity contribution in [3.05, 3.63) is 113 Å². The number of ether oxygens (including phenoxy) is 1. The zero-order valence-electron chi connectivity index (χ0n) is 29.0. The minimum Gasteiger partial charge on any atom is -0.506 e. The Morgan fingerprint density at radius 2 is 1.77 bits per heavy atom. The Labute approximate surface area is 297 Å². The average molecular weight is 713 g/mol. The van der Waals surface area contributed by atoms with Crippen molar-refractivity contribution in [3.8, 4) is 39.4 Å². The van der Waals surface area contributed by atoms with Gasteiger partial charge in [-0.25, -0.2) is 4.39 Å². The van der Waals surface area contributed by atoms with E-state index in [1.807, 2.05) is 62.9 Å². The summed E-state index contributed by atoms with van der Waals surface area (Å²) in [6, 6.07) is 13.9. The first kappa shape index (κ1) is 34.8. The normalized spacial score (nSPS) is 17.2. The quantitative estimate of drug-likeness (QED) is 0.147. The number of phenolic OH excluding ortho intramolecular Hbond substituents is 1. The minimum absolute atomic E-state index is 0.0626. The van der Waals surface area contributed by atoms with Gasteiger partial charge in [-0.05, 0) is 61.2 Å². The number of aromatic hydroxyl groups is 1. The van der Waals surface area contributed by atoms with Gasteiger partial charge in [-0.3, -0.25) is 19.1 Å². The van der Waals surface area contributed by atoms with Crippen molar-refractivity contribution in [2.45, 2.75) is 51.9 Å². The molecule has 1 saturated heterocycles. The van der Waals surface area contributed by atoms with Crippen LogP contribution in [-0.4, -0.2) is 57.2 Å². The molecule has 0 bridgehead atoms.